The fraction of sp³-hybridized carbons (Fsp3) is 0.136. The predicted molar refractivity (Wildman–Crippen MR) is 99.4 cm³/mol. The van der Waals surface area contributed by atoms with E-state index in [4.69, 9.17) is 4.74 Å². The number of carbonyl (C=O) groups excluding carboxylic acids is 1. The highest BCUT2D eigenvalue weighted by Crippen LogP contribution is 2.62. The number of hydrogen-bond donors (Lipinski definition) is 0. The second-order valence-electron chi connectivity index (χ2n) is 6.62. The lowest BCUT2D eigenvalue weighted by Crippen LogP contribution is -2.40. The third-order valence-electron chi connectivity index (χ3n) is 5.16. The van der Waals surface area contributed by atoms with Gasteiger partial charge in [0.15, 0.2) is 5.60 Å². The van der Waals surface area contributed by atoms with Gasteiger partial charge in [-0.25, -0.2) is 0 Å². The number of carbonyl (C=O) groups is 1. The molecule has 4 heteroatoms. The second kappa shape index (κ2) is 5.73. The molecule has 0 N–H and O–H groups in total. The number of fused-ring (bicyclic) bond motifs is 1. The molecular weight excluding hydrogens is 344 g/mol. The number of benzene rings is 3. The Morgan fingerprint density at radius 3 is 2.04 bits per heavy atom. The van der Waals surface area contributed by atoms with E-state index in [0.29, 0.717) is 10.5 Å². The van der Waals surface area contributed by atoms with E-state index in [1.165, 1.54) is 0 Å². The molecule has 0 amide bonds. The Hall–Kier alpha value is -2.56. The van der Waals surface area contributed by atoms with Gasteiger partial charge in [0.1, 0.15) is 11.4 Å². The highest BCUT2D eigenvalue weighted by Gasteiger charge is 2.71. The first-order valence-electron chi connectivity index (χ1n) is 8.55. The van der Waals surface area contributed by atoms with Crippen molar-refractivity contribution < 1.29 is 13.7 Å². The molecule has 26 heavy (non-hydrogen) atoms. The summed E-state index contributed by atoms with van der Waals surface area (Å²) in [6, 6.07) is 26.5. The van der Waals surface area contributed by atoms with E-state index in [9.17, 15) is 9.00 Å². The molecule has 1 saturated heterocycles. The van der Waals surface area contributed by atoms with Crippen molar-refractivity contribution in [2.45, 2.75) is 21.9 Å². The molecular formula is C22H16O3S. The van der Waals surface area contributed by atoms with Crippen LogP contribution in [0.1, 0.15) is 32.8 Å². The second-order valence-corrected chi connectivity index (χ2v) is 8.12. The molecule has 2 heterocycles. The van der Waals surface area contributed by atoms with E-state index < -0.39 is 21.7 Å². The van der Waals surface area contributed by atoms with Crippen molar-refractivity contribution in [2.24, 2.45) is 0 Å². The first kappa shape index (κ1) is 15.7. The van der Waals surface area contributed by atoms with Crippen molar-refractivity contribution in [1.29, 1.82) is 0 Å². The molecule has 0 aromatic heterocycles. The lowest BCUT2D eigenvalue weighted by Gasteiger charge is -2.30. The number of epoxide rings is 1. The van der Waals surface area contributed by atoms with Crippen LogP contribution in [0.15, 0.2) is 89.8 Å². The summed E-state index contributed by atoms with van der Waals surface area (Å²) < 4.78 is 19.6. The van der Waals surface area contributed by atoms with Crippen LogP contribution in [0.3, 0.4) is 0 Å². The molecule has 1 unspecified atom stereocenters. The zero-order valence-electron chi connectivity index (χ0n) is 13.9. The predicted octanol–water partition coefficient (Wildman–Crippen LogP) is 4.24. The molecule has 3 aromatic carbocycles. The van der Waals surface area contributed by atoms with Crippen LogP contribution in [0.2, 0.25) is 0 Å². The van der Waals surface area contributed by atoms with Gasteiger partial charge in [-0.1, -0.05) is 78.9 Å². The summed E-state index contributed by atoms with van der Waals surface area (Å²) in [7, 11) is -1.37. The van der Waals surface area contributed by atoms with Crippen LogP contribution in [-0.4, -0.2) is 15.6 Å². The standard InChI is InChI=1S/C22H16O3S/c23-19-17-13-7-8-14-18(17)26(24)21(16-11-5-2-6-12-16)22(19)20(25-22)15-9-3-1-4-10-15/h1-14,20-21H/t20-,21+,22-,26?/m1/s1. The van der Waals surface area contributed by atoms with Gasteiger partial charge in [-0.05, 0) is 17.2 Å². The van der Waals surface area contributed by atoms with Crippen LogP contribution in [0, 0.1) is 0 Å². The van der Waals surface area contributed by atoms with E-state index in [0.717, 1.165) is 11.1 Å². The minimum atomic E-state index is -1.37. The fourth-order valence-electron chi connectivity index (χ4n) is 3.92. The molecule has 0 bridgehead atoms. The number of rotatable bonds is 2. The van der Waals surface area contributed by atoms with Crippen molar-refractivity contribution in [3.8, 4) is 0 Å². The third-order valence-corrected chi connectivity index (χ3v) is 7.00. The summed E-state index contributed by atoms with van der Waals surface area (Å²) in [5.41, 5.74) is 1.23. The molecule has 0 saturated carbocycles. The fourth-order valence-corrected chi connectivity index (χ4v) is 5.77. The molecule has 128 valence electrons. The molecule has 0 aliphatic carbocycles. The van der Waals surface area contributed by atoms with Gasteiger partial charge >= 0.3 is 0 Å². The number of Topliss-reactive ketones (excluding diaryl/α,β-unsaturated/α-hetero) is 1. The van der Waals surface area contributed by atoms with Crippen molar-refractivity contribution in [3.05, 3.63) is 102 Å². The molecule has 2 aliphatic rings. The number of ketones is 1. The highest BCUT2D eigenvalue weighted by molar-refractivity contribution is 7.85. The maximum atomic E-state index is 13.5. The average molecular weight is 360 g/mol. The maximum absolute atomic E-state index is 13.5. The average Bonchev–Trinajstić information content (AvgIpc) is 3.44. The van der Waals surface area contributed by atoms with E-state index in [-0.39, 0.29) is 11.9 Å². The lowest BCUT2D eigenvalue weighted by molar-refractivity contribution is 0.0859. The van der Waals surface area contributed by atoms with Crippen LogP contribution in [-0.2, 0) is 15.5 Å². The van der Waals surface area contributed by atoms with E-state index in [2.05, 4.69) is 0 Å². The topological polar surface area (TPSA) is 46.7 Å². The summed E-state index contributed by atoms with van der Waals surface area (Å²) in [5.74, 6) is -0.0737. The third kappa shape index (κ3) is 2.09. The van der Waals surface area contributed by atoms with Gasteiger partial charge in [-0.3, -0.25) is 9.00 Å². The summed E-state index contributed by atoms with van der Waals surface area (Å²) in [4.78, 5) is 14.1. The molecule has 0 radical (unpaired) electrons. The van der Waals surface area contributed by atoms with Crippen LogP contribution in [0.4, 0.5) is 0 Å². The van der Waals surface area contributed by atoms with Crippen LogP contribution < -0.4 is 0 Å². The van der Waals surface area contributed by atoms with E-state index >= 15 is 0 Å². The van der Waals surface area contributed by atoms with Crippen molar-refractivity contribution >= 4 is 16.6 Å². The summed E-state index contributed by atoms with van der Waals surface area (Å²) in [5, 5.41) is -0.517. The quantitative estimate of drug-likeness (QED) is 0.642. The van der Waals surface area contributed by atoms with Crippen molar-refractivity contribution in [2.75, 3.05) is 0 Å². The number of ether oxygens (including phenoxy) is 1. The minimum Gasteiger partial charge on any atom is -0.350 e. The number of hydrogen-bond acceptors (Lipinski definition) is 3. The van der Waals surface area contributed by atoms with Gasteiger partial charge < -0.3 is 4.74 Å². The Bertz CT molecular complexity index is 1020. The summed E-state index contributed by atoms with van der Waals surface area (Å²) in [6.07, 6.45) is -0.376. The monoisotopic (exact) mass is 360 g/mol. The van der Waals surface area contributed by atoms with E-state index in [1.54, 1.807) is 12.1 Å². The lowest BCUT2D eigenvalue weighted by atomic mass is 9.85. The van der Waals surface area contributed by atoms with Crippen molar-refractivity contribution in [3.63, 3.8) is 0 Å². The Morgan fingerprint density at radius 1 is 0.769 bits per heavy atom. The molecule has 1 fully saturated rings. The van der Waals surface area contributed by atoms with Gasteiger partial charge in [0, 0.05) is 5.56 Å². The zero-order chi connectivity index (χ0) is 17.7. The molecule has 4 atom stereocenters. The summed E-state index contributed by atoms with van der Waals surface area (Å²) in [6.45, 7) is 0. The van der Waals surface area contributed by atoms with Gasteiger partial charge in [0.05, 0.1) is 15.7 Å². The first-order valence-corrected chi connectivity index (χ1v) is 9.77. The highest BCUT2D eigenvalue weighted by atomic mass is 32.2. The van der Waals surface area contributed by atoms with Gasteiger partial charge in [0.25, 0.3) is 0 Å². The Kier molecular flexibility index (Phi) is 3.45. The minimum absolute atomic E-state index is 0.0737. The molecule has 5 rings (SSSR count). The molecule has 1 spiro atoms. The van der Waals surface area contributed by atoms with Gasteiger partial charge in [-0.15, -0.1) is 0 Å². The Morgan fingerprint density at radius 2 is 1.35 bits per heavy atom. The maximum Gasteiger partial charge on any atom is 0.200 e. The smallest absolute Gasteiger partial charge is 0.200 e. The summed E-state index contributed by atoms with van der Waals surface area (Å²) >= 11 is 0. The molecule has 3 nitrogen and oxygen atoms in total. The van der Waals surface area contributed by atoms with Crippen LogP contribution >= 0.6 is 0 Å². The molecule has 2 aliphatic heterocycles. The first-order chi connectivity index (χ1) is 12.7. The Labute approximate surface area is 154 Å². The largest absolute Gasteiger partial charge is 0.350 e. The normalized spacial score (nSPS) is 29.4. The van der Waals surface area contributed by atoms with Gasteiger partial charge in [0.2, 0.25) is 5.78 Å². The van der Waals surface area contributed by atoms with Gasteiger partial charge in [-0.2, -0.15) is 0 Å². The SMILES string of the molecule is O=C1c2ccccc2S(=O)[C@@H](c2ccccc2)[C@@]12O[C@@H]2c1ccccc1. The Balaban J connectivity index is 1.71. The molecule has 3 aromatic rings. The van der Waals surface area contributed by atoms with Crippen LogP contribution in [0.25, 0.3) is 0 Å². The zero-order valence-corrected chi connectivity index (χ0v) is 14.7. The van der Waals surface area contributed by atoms with Crippen LogP contribution in [0.5, 0.6) is 0 Å². The van der Waals surface area contributed by atoms with Crippen molar-refractivity contribution in [1.82, 2.24) is 0 Å². The van der Waals surface area contributed by atoms with E-state index in [1.807, 2.05) is 72.8 Å².